The molecule has 1 aliphatic carbocycles. The lowest BCUT2D eigenvalue weighted by Gasteiger charge is -2.17. The van der Waals surface area contributed by atoms with Crippen LogP contribution < -0.4 is 4.90 Å². The maximum Gasteiger partial charge on any atom is 0.356 e. The number of carboxylic acid groups (broad SMARTS) is 1. The maximum absolute atomic E-state index is 10.9. The zero-order valence-electron chi connectivity index (χ0n) is 11.1. The SMILES string of the molecule is O=C(O)c1cn2nc(N3C[C@H]4CCC[C@H]4C3)ccc2n1. The predicted octanol–water partition coefficient (Wildman–Crippen LogP) is 1.66. The summed E-state index contributed by atoms with van der Waals surface area (Å²) in [5.74, 6) is 1.52. The fourth-order valence-electron chi connectivity index (χ4n) is 3.57. The molecule has 6 nitrogen and oxygen atoms in total. The Balaban J connectivity index is 1.65. The van der Waals surface area contributed by atoms with Crippen LogP contribution in [0, 0.1) is 11.8 Å². The highest BCUT2D eigenvalue weighted by Crippen LogP contribution is 2.38. The summed E-state index contributed by atoms with van der Waals surface area (Å²) in [6.07, 6.45) is 5.49. The summed E-state index contributed by atoms with van der Waals surface area (Å²) in [7, 11) is 0. The Morgan fingerprint density at radius 3 is 2.70 bits per heavy atom. The highest BCUT2D eigenvalue weighted by molar-refractivity contribution is 5.86. The summed E-state index contributed by atoms with van der Waals surface area (Å²) in [6.45, 7) is 2.15. The summed E-state index contributed by atoms with van der Waals surface area (Å²) in [4.78, 5) is 17.3. The van der Waals surface area contributed by atoms with Crippen molar-refractivity contribution in [3.05, 3.63) is 24.0 Å². The van der Waals surface area contributed by atoms with Crippen LogP contribution in [-0.4, -0.2) is 38.8 Å². The number of carbonyl (C=O) groups is 1. The number of hydrogen-bond acceptors (Lipinski definition) is 4. The van der Waals surface area contributed by atoms with Gasteiger partial charge in [0.25, 0.3) is 0 Å². The normalized spacial score (nSPS) is 25.3. The summed E-state index contributed by atoms with van der Waals surface area (Å²) in [6, 6.07) is 3.78. The molecular weight excluding hydrogens is 256 g/mol. The summed E-state index contributed by atoms with van der Waals surface area (Å²) >= 11 is 0. The molecule has 0 aromatic carbocycles. The van der Waals surface area contributed by atoms with Crippen LogP contribution in [0.4, 0.5) is 5.82 Å². The average Bonchev–Trinajstić information content (AvgIpc) is 3.10. The maximum atomic E-state index is 10.9. The molecule has 0 unspecified atom stereocenters. The molecule has 1 saturated heterocycles. The molecule has 6 heteroatoms. The molecule has 2 fully saturated rings. The Morgan fingerprint density at radius 2 is 2.00 bits per heavy atom. The van der Waals surface area contributed by atoms with Crippen molar-refractivity contribution in [1.29, 1.82) is 0 Å². The number of rotatable bonds is 2. The van der Waals surface area contributed by atoms with Crippen LogP contribution >= 0.6 is 0 Å². The lowest BCUT2D eigenvalue weighted by molar-refractivity contribution is 0.0691. The van der Waals surface area contributed by atoms with Gasteiger partial charge in [-0.3, -0.25) is 0 Å². The Labute approximate surface area is 116 Å². The van der Waals surface area contributed by atoms with Crippen molar-refractivity contribution >= 4 is 17.4 Å². The summed E-state index contributed by atoms with van der Waals surface area (Å²) in [5, 5.41) is 13.5. The third-order valence-corrected chi connectivity index (χ3v) is 4.58. The molecule has 0 spiro atoms. The van der Waals surface area contributed by atoms with E-state index in [2.05, 4.69) is 15.0 Å². The first-order valence-electron chi connectivity index (χ1n) is 7.05. The largest absolute Gasteiger partial charge is 0.476 e. The van der Waals surface area contributed by atoms with Gasteiger partial charge in [-0.05, 0) is 36.8 Å². The van der Waals surface area contributed by atoms with Crippen LogP contribution in [0.5, 0.6) is 0 Å². The van der Waals surface area contributed by atoms with E-state index >= 15 is 0 Å². The highest BCUT2D eigenvalue weighted by Gasteiger charge is 2.36. The minimum atomic E-state index is -1.02. The van der Waals surface area contributed by atoms with Gasteiger partial charge in [0.15, 0.2) is 11.3 Å². The van der Waals surface area contributed by atoms with Crippen molar-refractivity contribution in [2.45, 2.75) is 19.3 Å². The van der Waals surface area contributed by atoms with Crippen LogP contribution in [0.15, 0.2) is 18.3 Å². The van der Waals surface area contributed by atoms with E-state index in [4.69, 9.17) is 5.11 Å². The van der Waals surface area contributed by atoms with Gasteiger partial charge in [-0.15, -0.1) is 5.10 Å². The predicted molar refractivity (Wildman–Crippen MR) is 73.0 cm³/mol. The molecule has 0 bridgehead atoms. The second kappa shape index (κ2) is 4.19. The number of imidazole rings is 1. The quantitative estimate of drug-likeness (QED) is 0.900. The van der Waals surface area contributed by atoms with E-state index in [-0.39, 0.29) is 5.69 Å². The summed E-state index contributed by atoms with van der Waals surface area (Å²) in [5.41, 5.74) is 0.610. The third-order valence-electron chi connectivity index (χ3n) is 4.58. The van der Waals surface area contributed by atoms with E-state index < -0.39 is 5.97 Å². The van der Waals surface area contributed by atoms with Crippen LogP contribution in [0.2, 0.25) is 0 Å². The number of aromatic carboxylic acids is 1. The van der Waals surface area contributed by atoms with E-state index in [1.54, 1.807) is 4.52 Å². The van der Waals surface area contributed by atoms with Gasteiger partial charge < -0.3 is 10.0 Å². The van der Waals surface area contributed by atoms with Crippen molar-refractivity contribution in [3.8, 4) is 0 Å². The van der Waals surface area contributed by atoms with E-state index in [9.17, 15) is 4.79 Å². The van der Waals surface area contributed by atoms with E-state index in [1.165, 1.54) is 25.5 Å². The second-order valence-electron chi connectivity index (χ2n) is 5.78. The van der Waals surface area contributed by atoms with Crippen LogP contribution in [0.1, 0.15) is 29.8 Å². The molecule has 4 rings (SSSR count). The van der Waals surface area contributed by atoms with Gasteiger partial charge in [-0.2, -0.15) is 0 Å². The minimum absolute atomic E-state index is 0.0351. The first-order chi connectivity index (χ1) is 9.70. The minimum Gasteiger partial charge on any atom is -0.476 e. The van der Waals surface area contributed by atoms with Crippen molar-refractivity contribution in [1.82, 2.24) is 14.6 Å². The molecule has 1 aliphatic heterocycles. The fraction of sp³-hybridized carbons (Fsp3) is 0.500. The molecule has 2 atom stereocenters. The molecular formula is C14H16N4O2. The highest BCUT2D eigenvalue weighted by atomic mass is 16.4. The van der Waals surface area contributed by atoms with E-state index in [0.717, 1.165) is 30.7 Å². The van der Waals surface area contributed by atoms with E-state index in [0.29, 0.717) is 5.65 Å². The standard InChI is InChI=1S/C14H16N4O2/c19-14(20)11-8-18-12(15-11)4-5-13(16-18)17-6-9-2-1-3-10(9)7-17/h4-5,8-10H,1-3,6-7H2,(H,19,20)/t9-,10+. The Kier molecular flexibility index (Phi) is 2.45. The molecule has 2 aromatic heterocycles. The number of hydrogen-bond donors (Lipinski definition) is 1. The van der Waals surface area contributed by atoms with Crippen molar-refractivity contribution in [2.24, 2.45) is 11.8 Å². The van der Waals surface area contributed by atoms with E-state index in [1.807, 2.05) is 12.1 Å². The van der Waals surface area contributed by atoms with Gasteiger partial charge in [-0.1, -0.05) is 6.42 Å². The monoisotopic (exact) mass is 272 g/mol. The number of fused-ring (bicyclic) bond motifs is 2. The van der Waals surface area contributed by atoms with Gasteiger partial charge in [-0.25, -0.2) is 14.3 Å². The van der Waals surface area contributed by atoms with Crippen LogP contribution in [-0.2, 0) is 0 Å². The summed E-state index contributed by atoms with van der Waals surface area (Å²) < 4.78 is 1.56. The van der Waals surface area contributed by atoms with Gasteiger partial charge >= 0.3 is 5.97 Å². The molecule has 104 valence electrons. The number of aromatic nitrogens is 3. The molecule has 2 aromatic rings. The van der Waals surface area contributed by atoms with Crippen molar-refractivity contribution in [3.63, 3.8) is 0 Å². The Morgan fingerprint density at radius 1 is 1.25 bits per heavy atom. The third kappa shape index (κ3) is 1.75. The molecule has 20 heavy (non-hydrogen) atoms. The molecule has 0 radical (unpaired) electrons. The first kappa shape index (κ1) is 11.7. The van der Waals surface area contributed by atoms with Crippen LogP contribution in [0.25, 0.3) is 5.65 Å². The second-order valence-corrected chi connectivity index (χ2v) is 5.78. The average molecular weight is 272 g/mol. The molecule has 1 N–H and O–H groups in total. The zero-order chi connectivity index (χ0) is 13.7. The molecule has 0 amide bonds. The van der Waals surface area contributed by atoms with Crippen LogP contribution in [0.3, 0.4) is 0 Å². The fourth-order valence-corrected chi connectivity index (χ4v) is 3.57. The Hall–Kier alpha value is -2.11. The Bertz CT molecular complexity index is 669. The lowest BCUT2D eigenvalue weighted by atomic mass is 10.0. The lowest BCUT2D eigenvalue weighted by Crippen LogP contribution is -2.22. The molecule has 3 heterocycles. The topological polar surface area (TPSA) is 70.7 Å². The first-order valence-corrected chi connectivity index (χ1v) is 7.05. The smallest absolute Gasteiger partial charge is 0.356 e. The van der Waals surface area contributed by atoms with Gasteiger partial charge in [0.05, 0.1) is 6.20 Å². The van der Waals surface area contributed by atoms with Gasteiger partial charge in [0.2, 0.25) is 0 Å². The van der Waals surface area contributed by atoms with Crippen molar-refractivity contribution < 1.29 is 9.90 Å². The van der Waals surface area contributed by atoms with Gasteiger partial charge in [0.1, 0.15) is 5.82 Å². The number of carboxylic acids is 1. The molecule has 1 saturated carbocycles. The zero-order valence-corrected chi connectivity index (χ0v) is 11.1. The number of nitrogens with zero attached hydrogens (tertiary/aromatic N) is 4. The van der Waals surface area contributed by atoms with Crippen molar-refractivity contribution in [2.75, 3.05) is 18.0 Å². The van der Waals surface area contributed by atoms with Gasteiger partial charge in [0, 0.05) is 13.1 Å². The number of anilines is 1. The molecule has 2 aliphatic rings.